The van der Waals surface area contributed by atoms with Crippen LogP contribution >= 0.6 is 16.1 Å². The largest absolute Gasteiger partial charge is 0.256 e. The van der Waals surface area contributed by atoms with Gasteiger partial charge >= 0.3 is 0 Å². The van der Waals surface area contributed by atoms with Gasteiger partial charge in [0.15, 0.2) is 0 Å². The fraction of sp³-hybridized carbons (Fsp3) is 0.400. The topological polar surface area (TPSA) is 3.24 Å². The van der Waals surface area contributed by atoms with Crippen molar-refractivity contribution in [2.24, 2.45) is 0 Å². The van der Waals surface area contributed by atoms with Crippen LogP contribution in [-0.2, 0) is 0 Å². The maximum Gasteiger partial charge on any atom is 0.0183 e. The standard InChI is InChI=1S/C30H37NP2/c1-23(2)31(32-24(3)19-20-28(32)25-13-7-4-8-14-25)33-29(26-15-9-5-10-16-26)21-22-30(33)27-17-11-6-12-18-27/h4-18,23-24,28-30H,19-22H2,1-3H3/t24-,28?,29+,30+,32?/m1/s1. The SMILES string of the molecule is CC(C)N(P1C(c2ccccc2)CC[C@H]1C)P1[C@H](c2ccccc2)CC[C@H]1c1ccccc1. The highest BCUT2D eigenvalue weighted by Gasteiger charge is 2.48. The molecule has 0 N–H and O–H groups in total. The zero-order valence-corrected chi connectivity index (χ0v) is 22.0. The first-order chi connectivity index (χ1) is 16.1. The van der Waals surface area contributed by atoms with Crippen LogP contribution in [0.4, 0.5) is 0 Å². The molecule has 2 aliphatic heterocycles. The Morgan fingerprint density at radius 3 is 1.33 bits per heavy atom. The fourth-order valence-electron chi connectivity index (χ4n) is 6.04. The molecule has 0 aliphatic carbocycles. The molecule has 172 valence electrons. The number of hydrogen-bond donors (Lipinski definition) is 0. The lowest BCUT2D eigenvalue weighted by molar-refractivity contribution is 0.555. The smallest absolute Gasteiger partial charge is 0.0183 e. The molecule has 5 rings (SSSR count). The molecule has 3 heteroatoms. The molecule has 0 saturated carbocycles. The van der Waals surface area contributed by atoms with E-state index in [1.165, 1.54) is 25.7 Å². The van der Waals surface area contributed by atoms with Gasteiger partial charge in [-0.1, -0.05) is 97.9 Å². The molecule has 0 radical (unpaired) electrons. The van der Waals surface area contributed by atoms with Crippen molar-refractivity contribution in [1.82, 2.24) is 4.44 Å². The van der Waals surface area contributed by atoms with E-state index in [0.717, 1.165) is 5.66 Å². The third kappa shape index (κ3) is 4.71. The maximum absolute atomic E-state index is 3.11. The Morgan fingerprint density at radius 2 is 0.939 bits per heavy atom. The predicted octanol–water partition coefficient (Wildman–Crippen LogP) is 9.69. The van der Waals surface area contributed by atoms with E-state index in [-0.39, 0.29) is 16.1 Å². The van der Waals surface area contributed by atoms with Crippen LogP contribution in [-0.4, -0.2) is 16.1 Å². The van der Waals surface area contributed by atoms with Crippen molar-refractivity contribution >= 4 is 16.1 Å². The molecule has 33 heavy (non-hydrogen) atoms. The van der Waals surface area contributed by atoms with Crippen LogP contribution < -0.4 is 0 Å². The van der Waals surface area contributed by atoms with Crippen LogP contribution in [0.5, 0.6) is 0 Å². The Labute approximate surface area is 203 Å². The molecule has 0 amide bonds. The summed E-state index contributed by atoms with van der Waals surface area (Å²) in [5.74, 6) is 0. The molecule has 2 aliphatic rings. The van der Waals surface area contributed by atoms with E-state index < -0.39 is 0 Å². The molecular weight excluding hydrogens is 436 g/mol. The molecule has 0 bridgehead atoms. The van der Waals surface area contributed by atoms with Crippen LogP contribution in [0.1, 0.15) is 80.1 Å². The first-order valence-corrected chi connectivity index (χ1v) is 15.5. The van der Waals surface area contributed by atoms with Crippen molar-refractivity contribution in [2.75, 3.05) is 0 Å². The van der Waals surface area contributed by atoms with E-state index >= 15 is 0 Å². The van der Waals surface area contributed by atoms with Crippen LogP contribution in [0.2, 0.25) is 0 Å². The van der Waals surface area contributed by atoms with Crippen LogP contribution in [0.25, 0.3) is 0 Å². The Morgan fingerprint density at radius 1 is 0.576 bits per heavy atom. The summed E-state index contributed by atoms with van der Waals surface area (Å²) in [7, 11) is -0.552. The van der Waals surface area contributed by atoms with Gasteiger partial charge in [0.05, 0.1) is 0 Å². The van der Waals surface area contributed by atoms with Gasteiger partial charge < -0.3 is 0 Å². The Bertz CT molecular complexity index is 960. The van der Waals surface area contributed by atoms with Crippen molar-refractivity contribution in [1.29, 1.82) is 0 Å². The minimum Gasteiger partial charge on any atom is -0.256 e. The van der Waals surface area contributed by atoms with Gasteiger partial charge in [-0.3, -0.25) is 4.44 Å². The molecular formula is C30H37NP2. The second-order valence-corrected chi connectivity index (χ2v) is 15.4. The molecule has 3 aromatic carbocycles. The van der Waals surface area contributed by atoms with Gasteiger partial charge in [-0.2, -0.15) is 0 Å². The molecule has 0 aromatic heterocycles. The summed E-state index contributed by atoms with van der Waals surface area (Å²) < 4.78 is 3.11. The molecule has 2 saturated heterocycles. The van der Waals surface area contributed by atoms with Crippen molar-refractivity contribution in [3.05, 3.63) is 108 Å². The van der Waals surface area contributed by atoms with E-state index in [1.54, 1.807) is 16.7 Å². The lowest BCUT2D eigenvalue weighted by Crippen LogP contribution is -2.26. The summed E-state index contributed by atoms with van der Waals surface area (Å²) in [6.07, 6.45) is 5.33. The van der Waals surface area contributed by atoms with E-state index in [0.29, 0.717) is 23.0 Å². The quantitative estimate of drug-likeness (QED) is 0.322. The highest BCUT2D eigenvalue weighted by atomic mass is 31.2. The highest BCUT2D eigenvalue weighted by Crippen LogP contribution is 2.81. The monoisotopic (exact) mass is 473 g/mol. The van der Waals surface area contributed by atoms with Crippen LogP contribution in [0, 0.1) is 0 Å². The Hall–Kier alpha value is -1.52. The van der Waals surface area contributed by atoms with E-state index in [9.17, 15) is 0 Å². The average Bonchev–Trinajstić information content (AvgIpc) is 3.45. The minimum atomic E-state index is -0.320. The first kappa shape index (κ1) is 23.2. The van der Waals surface area contributed by atoms with E-state index in [2.05, 4.69) is 116 Å². The second kappa shape index (κ2) is 10.4. The summed E-state index contributed by atoms with van der Waals surface area (Å²) >= 11 is 0. The number of rotatable bonds is 6. The van der Waals surface area contributed by atoms with Crippen LogP contribution in [0.3, 0.4) is 0 Å². The summed E-state index contributed by atoms with van der Waals surface area (Å²) in [5.41, 5.74) is 7.52. The van der Waals surface area contributed by atoms with Crippen LogP contribution in [0.15, 0.2) is 91.0 Å². The third-order valence-electron chi connectivity index (χ3n) is 7.47. The lowest BCUT2D eigenvalue weighted by Gasteiger charge is -2.47. The van der Waals surface area contributed by atoms with Crippen molar-refractivity contribution < 1.29 is 0 Å². The summed E-state index contributed by atoms with van der Waals surface area (Å²) in [4.78, 5) is 0. The zero-order valence-electron chi connectivity index (χ0n) is 20.2. The molecule has 0 spiro atoms. The highest BCUT2D eigenvalue weighted by molar-refractivity contribution is 7.71. The van der Waals surface area contributed by atoms with Crippen molar-refractivity contribution in [3.8, 4) is 0 Å². The average molecular weight is 474 g/mol. The second-order valence-electron chi connectivity index (χ2n) is 9.96. The minimum absolute atomic E-state index is 0.232. The summed E-state index contributed by atoms with van der Waals surface area (Å²) in [6, 6.07) is 34.9. The van der Waals surface area contributed by atoms with Gasteiger partial charge in [-0.05, 0) is 78.0 Å². The van der Waals surface area contributed by atoms with Gasteiger partial charge in [0.1, 0.15) is 0 Å². The molecule has 2 heterocycles. The number of nitrogens with zero attached hydrogens (tertiary/aromatic N) is 1. The number of benzene rings is 3. The van der Waals surface area contributed by atoms with Gasteiger partial charge in [-0.25, -0.2) is 0 Å². The molecule has 2 unspecified atom stereocenters. The normalized spacial score (nSPS) is 28.1. The number of hydrogen-bond acceptors (Lipinski definition) is 1. The summed E-state index contributed by atoms with van der Waals surface area (Å²) in [6.45, 7) is 7.49. The Kier molecular flexibility index (Phi) is 7.32. The summed E-state index contributed by atoms with van der Waals surface area (Å²) in [5, 5.41) is 0. The first-order valence-electron chi connectivity index (χ1n) is 12.7. The lowest BCUT2D eigenvalue weighted by atomic mass is 10.0. The van der Waals surface area contributed by atoms with Crippen molar-refractivity contribution in [2.45, 2.75) is 75.1 Å². The molecule has 1 nitrogen and oxygen atoms in total. The fourth-order valence-corrected chi connectivity index (χ4v) is 15.1. The molecule has 2 fully saturated rings. The third-order valence-corrected chi connectivity index (χ3v) is 15.3. The molecule has 5 atom stereocenters. The van der Waals surface area contributed by atoms with Gasteiger partial charge in [0.25, 0.3) is 0 Å². The Balaban J connectivity index is 1.59. The van der Waals surface area contributed by atoms with Gasteiger partial charge in [0.2, 0.25) is 0 Å². The van der Waals surface area contributed by atoms with Gasteiger partial charge in [-0.15, -0.1) is 0 Å². The van der Waals surface area contributed by atoms with E-state index in [4.69, 9.17) is 0 Å². The molecule has 3 aromatic rings. The zero-order chi connectivity index (χ0) is 22.8. The predicted molar refractivity (Wildman–Crippen MR) is 146 cm³/mol. The van der Waals surface area contributed by atoms with Crippen molar-refractivity contribution in [3.63, 3.8) is 0 Å². The van der Waals surface area contributed by atoms with E-state index in [1.807, 2.05) is 0 Å². The van der Waals surface area contributed by atoms with Gasteiger partial charge in [0, 0.05) is 23.0 Å². The maximum atomic E-state index is 3.11.